The van der Waals surface area contributed by atoms with Crippen molar-refractivity contribution in [1.29, 1.82) is 5.26 Å². The average Bonchev–Trinajstić information content (AvgIpc) is 3.70. The molecule has 0 amide bonds. The average molecular weight is 651 g/mol. The van der Waals surface area contributed by atoms with Gasteiger partial charge in [-0.3, -0.25) is 0 Å². The van der Waals surface area contributed by atoms with E-state index in [0.717, 1.165) is 29.4 Å². The zero-order valence-corrected chi connectivity index (χ0v) is 26.6. The number of carbonyl (C=O) groups excluding carboxylic acids is 1. The fourth-order valence-corrected chi connectivity index (χ4v) is 5.74. The van der Waals surface area contributed by atoms with Crippen LogP contribution in [-0.4, -0.2) is 60.5 Å². The molecular formula is C34H34N8O6. The maximum absolute atomic E-state index is 13.7. The number of benzene rings is 2. The fourth-order valence-electron chi connectivity index (χ4n) is 5.74. The second-order valence-corrected chi connectivity index (χ2v) is 12.1. The number of hydrogen-bond donors (Lipinski definition) is 3. The van der Waals surface area contributed by atoms with Gasteiger partial charge < -0.3 is 29.7 Å². The third-order valence-corrected chi connectivity index (χ3v) is 8.31. The van der Waals surface area contributed by atoms with Gasteiger partial charge in [-0.25, -0.2) is 24.2 Å². The number of ether oxygens (including phenoxy) is 2. The smallest absolute Gasteiger partial charge is 0.350 e. The van der Waals surface area contributed by atoms with Crippen LogP contribution >= 0.6 is 0 Å². The summed E-state index contributed by atoms with van der Waals surface area (Å²) >= 11 is 0. The Morgan fingerprint density at radius 3 is 2.69 bits per heavy atom. The number of esters is 1. The second kappa shape index (κ2) is 13.0. The van der Waals surface area contributed by atoms with E-state index in [2.05, 4.69) is 31.3 Å². The topological polar surface area (TPSA) is 191 Å². The standard InChI is InChI=1S/C34H34N8O6/c1-20(31-38-26-19-37-30-23(11-15-36-30)29(26)42(31)41-16-12-21(10-14-35)13-17-41)47-33(46)34(2,3)48-28-7-5-4-6-25(28)40-39-22-8-9-27(43)24(18-22)32(44)45/h4-9,11,15,18-21,43H,10,12-13,16-17H2,1-3H3,(H,36,37)(H,44,45)/t20-/m1/s1. The number of H-pyrrole nitrogens is 1. The summed E-state index contributed by atoms with van der Waals surface area (Å²) in [4.78, 5) is 37.6. The molecule has 14 heteroatoms. The van der Waals surface area contributed by atoms with E-state index >= 15 is 0 Å². The summed E-state index contributed by atoms with van der Waals surface area (Å²) in [5, 5.41) is 39.7. The molecule has 1 saturated heterocycles. The third kappa shape index (κ3) is 6.35. The predicted octanol–water partition coefficient (Wildman–Crippen LogP) is 6.46. The van der Waals surface area contributed by atoms with Gasteiger partial charge in [-0.15, -0.1) is 5.11 Å². The number of hydrogen-bond acceptors (Lipinski definition) is 11. The highest BCUT2D eigenvalue weighted by atomic mass is 16.6. The van der Waals surface area contributed by atoms with E-state index < -0.39 is 23.6 Å². The number of fused-ring (bicyclic) bond motifs is 3. The lowest BCUT2D eigenvalue weighted by Crippen LogP contribution is -2.44. The number of carboxylic acids is 1. The second-order valence-electron chi connectivity index (χ2n) is 12.1. The summed E-state index contributed by atoms with van der Waals surface area (Å²) < 4.78 is 14.2. The fraction of sp³-hybridized carbons (Fsp3) is 0.324. The number of azo groups is 1. The first-order chi connectivity index (χ1) is 23.1. The minimum atomic E-state index is -1.46. The van der Waals surface area contributed by atoms with Crippen LogP contribution in [0.15, 0.2) is 71.2 Å². The van der Waals surface area contributed by atoms with E-state index in [0.29, 0.717) is 42.5 Å². The molecule has 3 N–H and O–H groups in total. The summed E-state index contributed by atoms with van der Waals surface area (Å²) in [6.45, 7) is 6.36. The quantitative estimate of drug-likeness (QED) is 0.112. The Hall–Kier alpha value is -5.97. The first-order valence-electron chi connectivity index (χ1n) is 15.5. The largest absolute Gasteiger partial charge is 0.507 e. The number of aromatic hydroxyl groups is 1. The molecule has 1 aliphatic heterocycles. The number of para-hydroxylation sites is 1. The summed E-state index contributed by atoms with van der Waals surface area (Å²) in [5.41, 5.74) is 0.973. The Kier molecular flexibility index (Phi) is 8.68. The molecule has 6 rings (SSSR count). The molecular weight excluding hydrogens is 616 g/mol. The molecule has 14 nitrogen and oxygen atoms in total. The van der Waals surface area contributed by atoms with Crippen molar-refractivity contribution in [3.05, 3.63) is 72.3 Å². The van der Waals surface area contributed by atoms with Crippen LogP contribution in [0.5, 0.6) is 11.5 Å². The van der Waals surface area contributed by atoms with E-state index in [1.165, 1.54) is 18.2 Å². The highest BCUT2D eigenvalue weighted by Gasteiger charge is 2.36. The van der Waals surface area contributed by atoms with Crippen molar-refractivity contribution in [3.63, 3.8) is 0 Å². The van der Waals surface area contributed by atoms with E-state index in [9.17, 15) is 25.1 Å². The number of nitriles is 1. The molecule has 0 aliphatic carbocycles. The monoisotopic (exact) mass is 650 g/mol. The normalized spacial score (nSPS) is 14.8. The van der Waals surface area contributed by atoms with Gasteiger partial charge in [0.25, 0.3) is 0 Å². The van der Waals surface area contributed by atoms with Crippen molar-refractivity contribution in [3.8, 4) is 17.6 Å². The number of rotatable bonds is 10. The molecule has 48 heavy (non-hydrogen) atoms. The molecule has 0 spiro atoms. The number of nitrogens with zero attached hydrogens (tertiary/aromatic N) is 7. The van der Waals surface area contributed by atoms with Crippen molar-refractivity contribution in [1.82, 2.24) is 19.6 Å². The minimum absolute atomic E-state index is 0.205. The Balaban J connectivity index is 1.24. The summed E-state index contributed by atoms with van der Waals surface area (Å²) in [6, 6.07) is 14.8. The van der Waals surface area contributed by atoms with Crippen molar-refractivity contribution in [2.45, 2.75) is 51.7 Å². The van der Waals surface area contributed by atoms with Crippen LogP contribution in [0.25, 0.3) is 22.1 Å². The zero-order chi connectivity index (χ0) is 34.0. The number of pyridine rings is 1. The van der Waals surface area contributed by atoms with Crippen LogP contribution in [0.1, 0.15) is 62.3 Å². The van der Waals surface area contributed by atoms with E-state index in [1.54, 1.807) is 51.2 Å². The number of phenols is 1. The molecule has 3 aromatic heterocycles. The van der Waals surface area contributed by atoms with Crippen molar-refractivity contribution in [2.24, 2.45) is 16.1 Å². The van der Waals surface area contributed by atoms with Gasteiger partial charge in [-0.1, -0.05) is 12.1 Å². The highest BCUT2D eigenvalue weighted by molar-refractivity contribution is 6.01. The van der Waals surface area contributed by atoms with Gasteiger partial charge in [0.15, 0.2) is 17.5 Å². The van der Waals surface area contributed by atoms with Crippen LogP contribution in [-0.2, 0) is 9.53 Å². The number of carboxylic acid groups (broad SMARTS) is 1. The maximum atomic E-state index is 13.7. The van der Waals surface area contributed by atoms with E-state index in [1.807, 2.05) is 16.9 Å². The van der Waals surface area contributed by atoms with E-state index in [4.69, 9.17) is 14.5 Å². The number of aromatic nitrogens is 4. The molecule has 0 unspecified atom stereocenters. The van der Waals surface area contributed by atoms with Gasteiger partial charge in [-0.05, 0) is 75.9 Å². The lowest BCUT2D eigenvalue weighted by atomic mass is 9.95. The molecule has 0 saturated carbocycles. The van der Waals surface area contributed by atoms with Gasteiger partial charge in [-0.2, -0.15) is 10.4 Å². The molecule has 0 radical (unpaired) electrons. The molecule has 246 valence electrons. The SMILES string of the molecule is C[C@@H](OC(=O)C(C)(C)Oc1ccccc1N=Nc1ccc(O)c(C(=O)O)c1)c1nc2cnc3[nH]ccc3c2n1N1CCC(CC#N)CC1. The summed E-state index contributed by atoms with van der Waals surface area (Å²) in [6.07, 6.45) is 4.98. The Labute approximate surface area is 275 Å². The summed E-state index contributed by atoms with van der Waals surface area (Å²) in [5.74, 6) is -1.20. The molecule has 1 atom stereocenters. The highest BCUT2D eigenvalue weighted by Crippen LogP contribution is 2.35. The van der Waals surface area contributed by atoms with Crippen LogP contribution in [0.2, 0.25) is 0 Å². The van der Waals surface area contributed by atoms with Crippen molar-refractivity contribution >= 4 is 45.4 Å². The number of piperidine rings is 1. The zero-order valence-electron chi connectivity index (χ0n) is 26.6. The van der Waals surface area contributed by atoms with Gasteiger partial charge in [0.2, 0.25) is 0 Å². The molecule has 2 aromatic carbocycles. The lowest BCUT2D eigenvalue weighted by Gasteiger charge is -2.35. The molecule has 5 aromatic rings. The van der Waals surface area contributed by atoms with Gasteiger partial charge >= 0.3 is 11.9 Å². The number of carbonyl (C=O) groups is 2. The van der Waals surface area contributed by atoms with Crippen LogP contribution < -0.4 is 9.75 Å². The summed E-state index contributed by atoms with van der Waals surface area (Å²) in [7, 11) is 0. The first-order valence-corrected chi connectivity index (χ1v) is 15.5. The minimum Gasteiger partial charge on any atom is -0.507 e. The molecule has 1 aliphatic rings. The van der Waals surface area contributed by atoms with Crippen LogP contribution in [0, 0.1) is 17.2 Å². The van der Waals surface area contributed by atoms with Crippen LogP contribution in [0.3, 0.4) is 0 Å². The third-order valence-electron chi connectivity index (χ3n) is 8.31. The van der Waals surface area contributed by atoms with Crippen molar-refractivity contribution < 1.29 is 29.3 Å². The Morgan fingerprint density at radius 1 is 1.17 bits per heavy atom. The van der Waals surface area contributed by atoms with E-state index in [-0.39, 0.29) is 22.7 Å². The number of imidazole rings is 1. The van der Waals surface area contributed by atoms with Gasteiger partial charge in [0.05, 0.1) is 18.0 Å². The number of nitrogens with one attached hydrogen (secondary N) is 1. The number of aromatic carboxylic acids is 1. The Bertz CT molecular complexity index is 2070. The van der Waals surface area contributed by atoms with Gasteiger partial charge in [0, 0.05) is 31.1 Å². The first kappa shape index (κ1) is 32.0. The predicted molar refractivity (Wildman–Crippen MR) is 175 cm³/mol. The number of aromatic amines is 1. The lowest BCUT2D eigenvalue weighted by molar-refractivity contribution is -0.165. The maximum Gasteiger partial charge on any atom is 0.350 e. The van der Waals surface area contributed by atoms with Crippen LogP contribution in [0.4, 0.5) is 11.4 Å². The molecule has 0 bridgehead atoms. The molecule has 1 fully saturated rings. The molecule has 4 heterocycles. The Morgan fingerprint density at radius 2 is 1.94 bits per heavy atom. The van der Waals surface area contributed by atoms with Gasteiger partial charge in [0.1, 0.15) is 39.4 Å². The van der Waals surface area contributed by atoms with Crippen molar-refractivity contribution in [2.75, 3.05) is 18.1 Å².